The molecule has 0 spiro atoms. The molecule has 1 nitrogen and oxygen atoms in total. The minimum Gasteiger partial charge on any atom is -0.309 e. The van der Waals surface area contributed by atoms with Crippen molar-refractivity contribution in [1.82, 2.24) is 4.57 Å². The summed E-state index contributed by atoms with van der Waals surface area (Å²) in [5, 5.41) is 0.727. The highest BCUT2D eigenvalue weighted by molar-refractivity contribution is 6.30. The van der Waals surface area contributed by atoms with Gasteiger partial charge in [0.2, 0.25) is 0 Å². The second-order valence-electron chi connectivity index (χ2n) is 7.23. The number of nitrogens with zero attached hydrogens (tertiary/aromatic N) is 1. The Kier molecular flexibility index (Phi) is 4.96. The van der Waals surface area contributed by atoms with E-state index in [-0.39, 0.29) is 0 Å². The van der Waals surface area contributed by atoms with E-state index in [4.69, 9.17) is 11.6 Å². The van der Waals surface area contributed by atoms with Crippen LogP contribution in [0.4, 0.5) is 0 Å². The van der Waals surface area contributed by atoms with E-state index in [0.717, 1.165) is 27.7 Å². The molecule has 1 heterocycles. The molecule has 30 heavy (non-hydrogen) atoms. The average Bonchev–Trinajstić information content (AvgIpc) is 3.26. The largest absolute Gasteiger partial charge is 0.309 e. The first kappa shape index (κ1) is 18.5. The maximum absolute atomic E-state index is 6.33. The Morgan fingerprint density at radius 2 is 0.933 bits per heavy atom. The van der Waals surface area contributed by atoms with E-state index in [0.29, 0.717) is 0 Å². The lowest BCUT2D eigenvalue weighted by atomic mass is 10.0. The third-order valence-corrected chi connectivity index (χ3v) is 5.54. The number of hydrogen-bond acceptors (Lipinski definition) is 0. The lowest BCUT2D eigenvalue weighted by Crippen LogP contribution is -1.99. The molecule has 5 aromatic rings. The minimum absolute atomic E-state index is 0.727. The summed E-state index contributed by atoms with van der Waals surface area (Å²) in [5.41, 5.74) is 8.09. The zero-order chi connectivity index (χ0) is 20.3. The number of halogens is 1. The van der Waals surface area contributed by atoms with Crippen molar-refractivity contribution in [3.05, 3.63) is 126 Å². The lowest BCUT2D eigenvalue weighted by molar-refractivity contribution is 1.09. The summed E-state index contributed by atoms with van der Waals surface area (Å²) >= 11 is 6.33. The summed E-state index contributed by atoms with van der Waals surface area (Å²) in [6.45, 7) is 0. The monoisotopic (exact) mass is 405 g/mol. The van der Waals surface area contributed by atoms with E-state index in [1.165, 1.54) is 16.7 Å². The molecule has 0 N–H and O–H groups in total. The number of hydrogen-bond donors (Lipinski definition) is 0. The fourth-order valence-corrected chi connectivity index (χ4v) is 4.04. The van der Waals surface area contributed by atoms with Crippen molar-refractivity contribution in [2.75, 3.05) is 0 Å². The van der Waals surface area contributed by atoms with Crippen LogP contribution in [0.15, 0.2) is 121 Å². The van der Waals surface area contributed by atoms with Crippen LogP contribution in [0.3, 0.4) is 0 Å². The van der Waals surface area contributed by atoms with E-state index in [1.54, 1.807) is 0 Å². The fraction of sp³-hybridized carbons (Fsp3) is 0. The molecular weight excluding hydrogens is 386 g/mol. The SMILES string of the molecule is Clc1cccc(-n2c(-c3ccccc3)ccc2-c2ccc(-c3ccccc3)cc2)c1. The Hall–Kier alpha value is -3.55. The third-order valence-electron chi connectivity index (χ3n) is 5.30. The summed E-state index contributed by atoms with van der Waals surface area (Å²) in [7, 11) is 0. The predicted octanol–water partition coefficient (Wildman–Crippen LogP) is 8.13. The molecule has 0 amide bonds. The number of rotatable bonds is 4. The molecule has 0 bridgehead atoms. The van der Waals surface area contributed by atoms with Crippen molar-refractivity contribution in [3.63, 3.8) is 0 Å². The van der Waals surface area contributed by atoms with Gasteiger partial charge in [0.1, 0.15) is 0 Å². The van der Waals surface area contributed by atoms with Gasteiger partial charge in [-0.1, -0.05) is 103 Å². The Labute approximate surface area is 181 Å². The Bertz CT molecular complexity index is 1270. The van der Waals surface area contributed by atoms with Crippen molar-refractivity contribution in [2.45, 2.75) is 0 Å². The van der Waals surface area contributed by atoms with E-state index >= 15 is 0 Å². The summed E-state index contributed by atoms with van der Waals surface area (Å²) in [6.07, 6.45) is 0. The number of aromatic nitrogens is 1. The van der Waals surface area contributed by atoms with E-state index < -0.39 is 0 Å². The molecule has 5 rings (SSSR count). The summed E-state index contributed by atoms with van der Waals surface area (Å²) in [5.74, 6) is 0. The third kappa shape index (κ3) is 3.56. The Balaban J connectivity index is 1.65. The molecule has 0 saturated carbocycles. The highest BCUT2D eigenvalue weighted by atomic mass is 35.5. The molecule has 0 aliphatic carbocycles. The van der Waals surface area contributed by atoms with Crippen LogP contribution in [0.5, 0.6) is 0 Å². The Morgan fingerprint density at radius 3 is 1.53 bits per heavy atom. The smallest absolute Gasteiger partial charge is 0.0535 e. The second kappa shape index (κ2) is 8.06. The molecule has 0 unspecified atom stereocenters. The highest BCUT2D eigenvalue weighted by Gasteiger charge is 2.14. The molecule has 0 atom stereocenters. The maximum Gasteiger partial charge on any atom is 0.0535 e. The van der Waals surface area contributed by atoms with Crippen LogP contribution in [0, 0.1) is 0 Å². The molecule has 0 aliphatic heterocycles. The minimum atomic E-state index is 0.727. The standard InChI is InChI=1S/C28H20ClN/c29-25-12-7-13-26(20-25)30-27(23-10-5-2-6-11-23)18-19-28(30)24-16-14-22(15-17-24)21-8-3-1-4-9-21/h1-20H. The second-order valence-corrected chi connectivity index (χ2v) is 7.66. The molecule has 0 aliphatic rings. The van der Waals surface area contributed by atoms with Crippen LogP contribution in [0.25, 0.3) is 39.3 Å². The van der Waals surface area contributed by atoms with Crippen molar-refractivity contribution >= 4 is 11.6 Å². The molecule has 1 aromatic heterocycles. The first-order valence-electron chi connectivity index (χ1n) is 9.98. The van der Waals surface area contributed by atoms with Gasteiger partial charge in [-0.3, -0.25) is 0 Å². The van der Waals surface area contributed by atoms with Crippen LogP contribution >= 0.6 is 11.6 Å². The Morgan fingerprint density at radius 1 is 0.433 bits per heavy atom. The van der Waals surface area contributed by atoms with Gasteiger partial charge in [-0.15, -0.1) is 0 Å². The lowest BCUT2D eigenvalue weighted by Gasteiger charge is -2.15. The highest BCUT2D eigenvalue weighted by Crippen LogP contribution is 2.34. The summed E-state index contributed by atoms with van der Waals surface area (Å²) < 4.78 is 2.28. The van der Waals surface area contributed by atoms with Crippen molar-refractivity contribution in [2.24, 2.45) is 0 Å². The van der Waals surface area contributed by atoms with Gasteiger partial charge in [0.05, 0.1) is 11.4 Å². The first-order valence-corrected chi connectivity index (χ1v) is 10.4. The molecule has 0 saturated heterocycles. The van der Waals surface area contributed by atoms with Crippen molar-refractivity contribution in [1.29, 1.82) is 0 Å². The average molecular weight is 406 g/mol. The van der Waals surface area contributed by atoms with Gasteiger partial charge in [0, 0.05) is 10.7 Å². The fourth-order valence-electron chi connectivity index (χ4n) is 3.85. The van der Waals surface area contributed by atoms with Crippen molar-refractivity contribution in [3.8, 4) is 39.3 Å². The van der Waals surface area contributed by atoms with Crippen LogP contribution in [0.2, 0.25) is 5.02 Å². The zero-order valence-corrected chi connectivity index (χ0v) is 17.1. The van der Waals surface area contributed by atoms with Gasteiger partial charge < -0.3 is 4.57 Å². The van der Waals surface area contributed by atoms with Gasteiger partial charge in [-0.05, 0) is 52.6 Å². The van der Waals surface area contributed by atoms with E-state index in [1.807, 2.05) is 30.3 Å². The summed E-state index contributed by atoms with van der Waals surface area (Å²) in [6, 6.07) is 42.0. The van der Waals surface area contributed by atoms with Gasteiger partial charge in [0.25, 0.3) is 0 Å². The summed E-state index contributed by atoms with van der Waals surface area (Å²) in [4.78, 5) is 0. The van der Waals surface area contributed by atoms with Gasteiger partial charge >= 0.3 is 0 Å². The number of benzene rings is 4. The molecule has 0 fully saturated rings. The van der Waals surface area contributed by atoms with Gasteiger partial charge in [-0.2, -0.15) is 0 Å². The predicted molar refractivity (Wildman–Crippen MR) is 127 cm³/mol. The van der Waals surface area contributed by atoms with Crippen LogP contribution in [0.1, 0.15) is 0 Å². The van der Waals surface area contributed by atoms with E-state index in [9.17, 15) is 0 Å². The molecule has 144 valence electrons. The topological polar surface area (TPSA) is 4.93 Å². The maximum atomic E-state index is 6.33. The zero-order valence-electron chi connectivity index (χ0n) is 16.4. The van der Waals surface area contributed by atoms with Crippen LogP contribution in [-0.2, 0) is 0 Å². The molecule has 0 radical (unpaired) electrons. The van der Waals surface area contributed by atoms with Gasteiger partial charge in [0.15, 0.2) is 0 Å². The van der Waals surface area contributed by atoms with E-state index in [2.05, 4.69) is 95.6 Å². The quantitative estimate of drug-likeness (QED) is 0.284. The molecule has 4 aromatic carbocycles. The van der Waals surface area contributed by atoms with Crippen molar-refractivity contribution < 1.29 is 0 Å². The first-order chi connectivity index (χ1) is 14.8. The van der Waals surface area contributed by atoms with Gasteiger partial charge in [-0.25, -0.2) is 0 Å². The van der Waals surface area contributed by atoms with Crippen LogP contribution < -0.4 is 0 Å². The normalized spacial score (nSPS) is 10.8. The van der Waals surface area contributed by atoms with Crippen LogP contribution in [-0.4, -0.2) is 4.57 Å². The molecular formula is C28H20ClN. The molecule has 2 heteroatoms.